The summed E-state index contributed by atoms with van der Waals surface area (Å²) in [6, 6.07) is 9.98. The van der Waals surface area contributed by atoms with Gasteiger partial charge in [0.05, 0.1) is 12.4 Å². The largest absolute Gasteiger partial charge is 0.507 e. The number of benzene rings is 2. The van der Waals surface area contributed by atoms with Gasteiger partial charge in [-0.3, -0.25) is 4.79 Å². The lowest BCUT2D eigenvalue weighted by molar-refractivity contribution is -0.142. The number of carbonyl (C=O) groups is 1. The minimum atomic E-state index is -0.395. The predicted molar refractivity (Wildman–Crippen MR) is 158 cm³/mol. The minimum Gasteiger partial charge on any atom is -0.507 e. The van der Waals surface area contributed by atoms with Gasteiger partial charge < -0.3 is 19.7 Å². The van der Waals surface area contributed by atoms with Crippen molar-refractivity contribution in [1.82, 2.24) is 40.6 Å². The summed E-state index contributed by atoms with van der Waals surface area (Å²) in [5.41, 5.74) is 3.45. The maximum absolute atomic E-state index is 11.1. The number of hydrogen-bond acceptors (Lipinski definition) is 13. The molecule has 0 radical (unpaired) electrons. The molecule has 0 amide bonds. The van der Waals surface area contributed by atoms with Crippen molar-refractivity contribution in [2.75, 3.05) is 13.2 Å². The lowest BCUT2D eigenvalue weighted by atomic mass is 9.87. The number of hydrogen-bond donors (Lipinski definition) is 2. The summed E-state index contributed by atoms with van der Waals surface area (Å²) >= 11 is 0. The second-order valence-corrected chi connectivity index (χ2v) is 9.52. The van der Waals surface area contributed by atoms with E-state index in [1.807, 2.05) is 18.2 Å². The Morgan fingerprint density at radius 1 is 0.909 bits per heavy atom. The van der Waals surface area contributed by atoms with Gasteiger partial charge in [-0.1, -0.05) is 6.08 Å². The van der Waals surface area contributed by atoms with Gasteiger partial charge in [-0.2, -0.15) is 10.2 Å². The number of rotatable bonds is 10. The van der Waals surface area contributed by atoms with Crippen molar-refractivity contribution in [2.24, 2.45) is 10.2 Å². The van der Waals surface area contributed by atoms with Crippen LogP contribution in [-0.4, -0.2) is 82.5 Å². The zero-order valence-electron chi connectivity index (χ0n) is 24.1. The Balaban J connectivity index is 1.60. The van der Waals surface area contributed by atoms with Crippen molar-refractivity contribution < 1.29 is 24.5 Å². The van der Waals surface area contributed by atoms with Crippen molar-refractivity contribution in [3.05, 3.63) is 99.9 Å². The Bertz CT molecular complexity index is 1730. The topological polar surface area (TPSA) is 188 Å². The van der Waals surface area contributed by atoms with Crippen molar-refractivity contribution in [2.45, 2.75) is 27.2 Å². The Labute approximate surface area is 251 Å². The van der Waals surface area contributed by atoms with Crippen LogP contribution in [0.3, 0.4) is 0 Å². The summed E-state index contributed by atoms with van der Waals surface area (Å²) in [6.07, 6.45) is 9.12. The summed E-state index contributed by atoms with van der Waals surface area (Å²) in [4.78, 5) is 13.7. The zero-order chi connectivity index (χ0) is 31.1. The molecule has 0 unspecified atom stereocenters. The smallest absolute Gasteiger partial charge is 0.302 e. The van der Waals surface area contributed by atoms with Gasteiger partial charge >= 0.3 is 5.97 Å². The molecule has 44 heavy (non-hydrogen) atoms. The van der Waals surface area contributed by atoms with E-state index in [4.69, 9.17) is 9.47 Å². The number of carbonyl (C=O) groups excluding carboxylic acids is 1. The van der Waals surface area contributed by atoms with E-state index in [2.05, 4.69) is 41.3 Å². The molecule has 1 aliphatic carbocycles. The number of allylic oxidation sites excluding steroid dienone is 4. The van der Waals surface area contributed by atoms with Crippen LogP contribution >= 0.6 is 0 Å². The van der Waals surface area contributed by atoms with E-state index < -0.39 is 5.97 Å². The molecular weight excluding hydrogens is 568 g/mol. The molecule has 0 saturated heterocycles. The zero-order valence-corrected chi connectivity index (χ0v) is 24.1. The van der Waals surface area contributed by atoms with Gasteiger partial charge in [0.15, 0.2) is 11.6 Å². The fraction of sp³-hybridized carbons (Fsp3) is 0.207. The van der Waals surface area contributed by atoms with Crippen LogP contribution in [0.5, 0.6) is 11.5 Å². The highest BCUT2D eigenvalue weighted by atomic mass is 16.6. The molecule has 2 aromatic carbocycles. The number of esters is 1. The number of tetrazole rings is 2. The minimum absolute atomic E-state index is 0.0219. The molecule has 0 saturated carbocycles. The quantitative estimate of drug-likeness (QED) is 0.156. The molecule has 0 aliphatic heterocycles. The lowest BCUT2D eigenvalue weighted by Crippen LogP contribution is -2.08. The highest BCUT2D eigenvalue weighted by Gasteiger charge is 2.20. The van der Waals surface area contributed by atoms with Crippen molar-refractivity contribution >= 4 is 24.0 Å². The molecule has 0 spiro atoms. The molecule has 0 fully saturated rings. The maximum Gasteiger partial charge on any atom is 0.302 e. The first-order chi connectivity index (χ1) is 21.3. The molecule has 15 nitrogen and oxygen atoms in total. The van der Waals surface area contributed by atoms with Gasteiger partial charge in [-0.05, 0) is 112 Å². The third kappa shape index (κ3) is 7.07. The number of aromatic nitrogens is 8. The van der Waals surface area contributed by atoms with Gasteiger partial charge in [0, 0.05) is 18.1 Å². The Morgan fingerprint density at radius 3 is 1.98 bits per heavy atom. The van der Waals surface area contributed by atoms with Crippen LogP contribution < -0.4 is 0 Å². The summed E-state index contributed by atoms with van der Waals surface area (Å²) in [7, 11) is 0. The van der Waals surface area contributed by atoms with Crippen molar-refractivity contribution in [3.63, 3.8) is 0 Å². The predicted octanol–water partition coefficient (Wildman–Crippen LogP) is 2.68. The van der Waals surface area contributed by atoms with Crippen LogP contribution in [0.4, 0.5) is 0 Å². The SMILES string of the molecule is CC(=O)OCCOC1=CC(=C(c2cc(C=Nn3nnnc3C)ccc2O)c2cc(C=Nn3nnnc3C)ccc2O)CC=C1. The summed E-state index contributed by atoms with van der Waals surface area (Å²) < 4.78 is 10.8. The van der Waals surface area contributed by atoms with Gasteiger partial charge in [0.25, 0.3) is 0 Å². The first kappa shape index (κ1) is 29.5. The molecule has 1 aliphatic rings. The van der Waals surface area contributed by atoms with Crippen LogP contribution in [-0.2, 0) is 14.3 Å². The number of aromatic hydroxyl groups is 2. The van der Waals surface area contributed by atoms with Crippen LogP contribution in [0.2, 0.25) is 0 Å². The van der Waals surface area contributed by atoms with Gasteiger partial charge in [0.1, 0.15) is 30.5 Å². The Hall–Kier alpha value is -5.99. The van der Waals surface area contributed by atoms with E-state index in [0.29, 0.717) is 51.7 Å². The monoisotopic (exact) mass is 596 g/mol. The molecule has 4 aromatic rings. The van der Waals surface area contributed by atoms with Crippen LogP contribution in [0.1, 0.15) is 47.2 Å². The molecule has 15 heteroatoms. The van der Waals surface area contributed by atoms with E-state index in [1.165, 1.54) is 16.5 Å². The normalized spacial score (nSPS) is 13.1. The van der Waals surface area contributed by atoms with E-state index in [-0.39, 0.29) is 24.7 Å². The molecule has 2 heterocycles. The van der Waals surface area contributed by atoms with E-state index >= 15 is 0 Å². The van der Waals surface area contributed by atoms with Crippen LogP contribution in [0, 0.1) is 13.8 Å². The first-order valence-corrected chi connectivity index (χ1v) is 13.4. The van der Waals surface area contributed by atoms with Crippen LogP contribution in [0.25, 0.3) is 5.57 Å². The summed E-state index contributed by atoms with van der Waals surface area (Å²) in [5, 5.41) is 53.3. The Morgan fingerprint density at radius 2 is 1.48 bits per heavy atom. The second-order valence-electron chi connectivity index (χ2n) is 9.52. The lowest BCUT2D eigenvalue weighted by Gasteiger charge is -2.19. The van der Waals surface area contributed by atoms with E-state index in [1.54, 1.807) is 62.7 Å². The number of phenolic OH excluding ortho intramolecular Hbond substituents is 2. The third-order valence-corrected chi connectivity index (χ3v) is 6.33. The average Bonchev–Trinajstić information content (AvgIpc) is 3.62. The number of aryl methyl sites for hydroxylation is 2. The summed E-state index contributed by atoms with van der Waals surface area (Å²) in [5.74, 6) is 1.09. The highest BCUT2D eigenvalue weighted by Crippen LogP contribution is 2.40. The Kier molecular flexibility index (Phi) is 8.94. The number of phenols is 2. The molecule has 0 atom stereocenters. The van der Waals surface area contributed by atoms with Crippen molar-refractivity contribution in [1.29, 1.82) is 0 Å². The molecule has 224 valence electrons. The van der Waals surface area contributed by atoms with E-state index in [0.717, 1.165) is 5.57 Å². The average molecular weight is 597 g/mol. The van der Waals surface area contributed by atoms with Gasteiger partial charge in [0.2, 0.25) is 0 Å². The fourth-order valence-corrected chi connectivity index (χ4v) is 4.26. The van der Waals surface area contributed by atoms with Crippen LogP contribution in [0.15, 0.2) is 76.2 Å². The number of ether oxygens (including phenoxy) is 2. The molecular formula is C29H28N10O5. The third-order valence-electron chi connectivity index (χ3n) is 6.33. The molecule has 2 aromatic heterocycles. The summed E-state index contributed by atoms with van der Waals surface area (Å²) in [6.45, 7) is 5.02. The van der Waals surface area contributed by atoms with E-state index in [9.17, 15) is 15.0 Å². The van der Waals surface area contributed by atoms with Crippen molar-refractivity contribution in [3.8, 4) is 11.5 Å². The first-order valence-electron chi connectivity index (χ1n) is 13.4. The standard InChI is InChI=1S/C29H28N10O5/c1-18-32-34-36-38(18)30-16-21-7-9-27(41)25(13-21)29(23-5-4-6-24(15-23)44-12-11-43-20(3)40)26-14-22(8-10-28(26)42)17-31-39-19(2)33-35-37-39/h4,6-10,13-17,41-42H,5,11-12H2,1-3H3. The molecule has 2 N–H and O–H groups in total. The molecule has 5 rings (SSSR count). The molecule has 0 bridgehead atoms. The maximum atomic E-state index is 11.1. The fourth-order valence-electron chi connectivity index (χ4n) is 4.26. The van der Waals surface area contributed by atoms with Gasteiger partial charge in [-0.25, -0.2) is 0 Å². The highest BCUT2D eigenvalue weighted by molar-refractivity contribution is 5.93. The second kappa shape index (κ2) is 13.3. The van der Waals surface area contributed by atoms with Gasteiger partial charge in [-0.15, -0.1) is 19.8 Å². The number of nitrogens with zero attached hydrogens (tertiary/aromatic N) is 10.